The molecule has 140 valence electrons. The molecular weight excluding hydrogens is 348 g/mol. The van der Waals surface area contributed by atoms with Gasteiger partial charge in [0.2, 0.25) is 0 Å². The first kappa shape index (κ1) is 18.5. The Balaban J connectivity index is 1.78. The van der Waals surface area contributed by atoms with Gasteiger partial charge in [0.05, 0.1) is 14.2 Å². The van der Waals surface area contributed by atoms with Crippen molar-refractivity contribution in [3.05, 3.63) is 41.7 Å². The van der Waals surface area contributed by atoms with E-state index in [4.69, 9.17) is 4.74 Å². The molecule has 0 aliphatic carbocycles. The molecule has 3 rings (SSSR count). The van der Waals surface area contributed by atoms with E-state index in [1.165, 1.54) is 24.9 Å². The van der Waals surface area contributed by atoms with Crippen LogP contribution in [0.15, 0.2) is 41.1 Å². The van der Waals surface area contributed by atoms with Gasteiger partial charge in [-0.15, -0.1) is 4.99 Å². The van der Waals surface area contributed by atoms with Crippen LogP contribution in [0.5, 0.6) is 0 Å². The molecule has 0 saturated heterocycles. The minimum atomic E-state index is -0.834. The van der Waals surface area contributed by atoms with E-state index in [1.807, 2.05) is 19.1 Å². The summed E-state index contributed by atoms with van der Waals surface area (Å²) in [4.78, 5) is 42.8. The number of ether oxygens (including phenoxy) is 1. The molecule has 0 saturated carbocycles. The number of rotatable bonds is 5. The van der Waals surface area contributed by atoms with E-state index >= 15 is 0 Å². The van der Waals surface area contributed by atoms with Gasteiger partial charge in [0.1, 0.15) is 12.0 Å². The smallest absolute Gasteiger partial charge is 0.446 e. The van der Waals surface area contributed by atoms with E-state index in [0.29, 0.717) is 11.4 Å². The molecule has 0 spiro atoms. The summed E-state index contributed by atoms with van der Waals surface area (Å²) < 4.78 is 6.51. The number of nitrogens with zero attached hydrogens (tertiary/aromatic N) is 3. The molecule has 2 heterocycles. The van der Waals surface area contributed by atoms with Gasteiger partial charge in [-0.05, 0) is 24.1 Å². The van der Waals surface area contributed by atoms with Crippen LogP contribution in [0, 0.1) is 5.92 Å². The molecule has 1 atom stereocenters. The van der Waals surface area contributed by atoms with Crippen LogP contribution >= 0.6 is 0 Å². The number of carbonyl (C=O) groups is 3. The van der Waals surface area contributed by atoms with Crippen molar-refractivity contribution < 1.29 is 23.7 Å². The number of hydrogen-bond acceptors (Lipinski definition) is 5. The van der Waals surface area contributed by atoms with Gasteiger partial charge in [0.25, 0.3) is 11.7 Å². The molecule has 0 fully saturated rings. The topological polar surface area (TPSA) is 91.1 Å². The number of carbonyl (C=O) groups excluding carboxylic acids is 3. The second-order valence-corrected chi connectivity index (χ2v) is 6.21. The molecule has 4 amide bonds. The fourth-order valence-electron chi connectivity index (χ4n) is 3.03. The van der Waals surface area contributed by atoms with E-state index in [-0.39, 0.29) is 12.4 Å². The Kier molecular flexibility index (Phi) is 5.16. The quantitative estimate of drug-likeness (QED) is 0.795. The third-order valence-corrected chi connectivity index (χ3v) is 4.55. The van der Waals surface area contributed by atoms with Crippen LogP contribution in [0.4, 0.5) is 10.5 Å². The second-order valence-electron chi connectivity index (χ2n) is 6.21. The Bertz CT molecular complexity index is 883. The molecule has 2 aliphatic rings. The monoisotopic (exact) mass is 369 g/mol. The van der Waals surface area contributed by atoms with Crippen LogP contribution in [0.25, 0.3) is 0 Å². The van der Waals surface area contributed by atoms with Crippen molar-refractivity contribution >= 4 is 35.6 Å². The Morgan fingerprint density at radius 3 is 2.63 bits per heavy atom. The highest BCUT2D eigenvalue weighted by Crippen LogP contribution is 2.24. The number of hydrogen-bond donors (Lipinski definition) is 1. The predicted octanol–water partition coefficient (Wildman–Crippen LogP) is 1.42. The van der Waals surface area contributed by atoms with Crippen LogP contribution in [0.2, 0.25) is 0 Å². The number of nitrogens with one attached hydrogen (secondary N) is 1. The Hall–Kier alpha value is -3.29. The Morgan fingerprint density at radius 1 is 1.30 bits per heavy atom. The number of aryl methyl sites for hydroxylation is 1. The van der Waals surface area contributed by atoms with Crippen LogP contribution in [-0.2, 0) is 20.7 Å². The number of amides is 4. The van der Waals surface area contributed by atoms with Crippen molar-refractivity contribution in [2.75, 3.05) is 26.0 Å². The van der Waals surface area contributed by atoms with Gasteiger partial charge in [-0.3, -0.25) is 9.59 Å². The zero-order chi connectivity index (χ0) is 19.6. The summed E-state index contributed by atoms with van der Waals surface area (Å²) in [5, 5.41) is 2.71. The number of dihydropyridines is 1. The van der Waals surface area contributed by atoms with E-state index < -0.39 is 23.8 Å². The van der Waals surface area contributed by atoms with Crippen LogP contribution in [-0.4, -0.2) is 60.1 Å². The highest BCUT2D eigenvalue weighted by atomic mass is 16.5. The maximum absolute atomic E-state index is 12.8. The lowest BCUT2D eigenvalue weighted by atomic mass is 9.99. The molecular formula is C19H21N4O4+. The maximum Gasteiger partial charge on any atom is 0.446 e. The van der Waals surface area contributed by atoms with Crippen molar-refractivity contribution in [1.82, 2.24) is 4.90 Å². The minimum absolute atomic E-state index is 0.288. The van der Waals surface area contributed by atoms with E-state index in [9.17, 15) is 14.4 Å². The summed E-state index contributed by atoms with van der Waals surface area (Å²) in [5.74, 6) is -1.16. The van der Waals surface area contributed by atoms with Gasteiger partial charge in [0.15, 0.2) is 12.5 Å². The molecule has 2 aliphatic heterocycles. The number of allylic oxidation sites excluding steroid dienone is 1. The molecule has 0 aromatic heterocycles. The molecule has 0 radical (unpaired) electrons. The lowest BCUT2D eigenvalue weighted by Gasteiger charge is -2.27. The average molecular weight is 369 g/mol. The van der Waals surface area contributed by atoms with Gasteiger partial charge in [-0.25, -0.2) is 4.79 Å². The van der Waals surface area contributed by atoms with Crippen molar-refractivity contribution in [2.24, 2.45) is 10.9 Å². The number of imide groups is 1. The molecule has 1 aromatic carbocycles. The van der Waals surface area contributed by atoms with Gasteiger partial charge < -0.3 is 10.1 Å². The highest BCUT2D eigenvalue weighted by molar-refractivity contribution is 6.16. The summed E-state index contributed by atoms with van der Waals surface area (Å²) in [6.45, 7) is 1.66. The average Bonchev–Trinajstić information content (AvgIpc) is 2.69. The van der Waals surface area contributed by atoms with Crippen molar-refractivity contribution in [1.29, 1.82) is 0 Å². The fraction of sp³-hybridized carbons (Fsp3) is 0.316. The number of benzene rings is 1. The van der Waals surface area contributed by atoms with Crippen molar-refractivity contribution in [3.8, 4) is 0 Å². The van der Waals surface area contributed by atoms with Crippen LogP contribution in [0.3, 0.4) is 0 Å². The summed E-state index contributed by atoms with van der Waals surface area (Å²) >= 11 is 0. The lowest BCUT2D eigenvalue weighted by Crippen LogP contribution is -2.56. The van der Waals surface area contributed by atoms with Gasteiger partial charge in [0, 0.05) is 11.8 Å². The zero-order valence-electron chi connectivity index (χ0n) is 15.4. The second kappa shape index (κ2) is 7.53. The summed E-state index contributed by atoms with van der Waals surface area (Å²) in [6.07, 6.45) is 3.95. The van der Waals surface area contributed by atoms with Crippen LogP contribution < -0.4 is 5.32 Å². The molecule has 1 aromatic rings. The molecule has 8 heteroatoms. The lowest BCUT2D eigenvalue weighted by molar-refractivity contribution is -0.408. The Labute approximate surface area is 156 Å². The normalized spacial score (nSPS) is 19.0. The number of anilines is 1. The van der Waals surface area contributed by atoms with Crippen molar-refractivity contribution in [2.45, 2.75) is 13.3 Å². The third kappa shape index (κ3) is 3.51. The molecule has 8 nitrogen and oxygen atoms in total. The number of methoxy groups -OCH3 is 1. The number of fused-ring (bicyclic) bond motifs is 1. The Morgan fingerprint density at radius 2 is 2.00 bits per heavy atom. The fourth-order valence-corrected chi connectivity index (χ4v) is 3.03. The van der Waals surface area contributed by atoms with E-state index in [2.05, 4.69) is 10.3 Å². The maximum atomic E-state index is 12.8. The van der Waals surface area contributed by atoms with Crippen molar-refractivity contribution in [3.63, 3.8) is 0 Å². The zero-order valence-corrected chi connectivity index (χ0v) is 15.4. The summed E-state index contributed by atoms with van der Waals surface area (Å²) in [6, 6.07) is 6.80. The first-order valence-electron chi connectivity index (χ1n) is 8.59. The number of aliphatic imine (C=N–C) groups is 1. The summed E-state index contributed by atoms with van der Waals surface area (Å²) in [7, 11) is 2.96. The molecule has 0 bridgehead atoms. The first-order valence-corrected chi connectivity index (χ1v) is 8.59. The van der Waals surface area contributed by atoms with Gasteiger partial charge >= 0.3 is 11.9 Å². The van der Waals surface area contributed by atoms with E-state index in [0.717, 1.165) is 16.9 Å². The largest absolute Gasteiger partial charge is 0.499 e. The summed E-state index contributed by atoms with van der Waals surface area (Å²) in [5.41, 5.74) is 1.75. The highest BCUT2D eigenvalue weighted by Gasteiger charge is 2.49. The number of amidine groups is 1. The SMILES string of the molecule is CCc1ccc(NC(=O)CN2C(=O)C3C(OC)=CC=NC3=[N+](C)C2=O)cc1. The predicted molar refractivity (Wildman–Crippen MR) is 99.8 cm³/mol. The standard InChI is InChI=1S/C19H20N4O4/c1-4-12-5-7-13(8-6-12)21-15(24)11-23-18(25)16-14(27-3)9-10-20-17(16)22(2)19(23)26/h5-10,16H,4,11H2,1-3H3/p+1. The first-order chi connectivity index (χ1) is 13.0. The van der Waals surface area contributed by atoms with Gasteiger partial charge in [-0.2, -0.15) is 9.48 Å². The number of urea groups is 1. The molecule has 1 unspecified atom stereocenters. The van der Waals surface area contributed by atoms with E-state index in [1.54, 1.807) is 18.2 Å². The molecule has 27 heavy (non-hydrogen) atoms. The van der Waals surface area contributed by atoms with Crippen LogP contribution in [0.1, 0.15) is 12.5 Å². The third-order valence-electron chi connectivity index (χ3n) is 4.55. The minimum Gasteiger partial charge on any atom is -0.499 e. The van der Waals surface area contributed by atoms with Gasteiger partial charge in [-0.1, -0.05) is 19.1 Å². The molecule has 1 N–H and O–H groups in total.